The van der Waals surface area contributed by atoms with E-state index in [0.717, 1.165) is 11.5 Å². The molecule has 0 saturated carbocycles. The number of aliphatic hydroxyl groups excluding tert-OH is 1. The first kappa shape index (κ1) is 10.1. The molecule has 6 heteroatoms. The molecule has 1 unspecified atom stereocenters. The fourth-order valence-corrected chi connectivity index (χ4v) is 1.22. The molecule has 0 aliphatic rings. The average molecular weight is 201 g/mol. The minimum absolute atomic E-state index is 0.0472. The third-order valence-corrected chi connectivity index (χ3v) is 2.30. The summed E-state index contributed by atoms with van der Waals surface area (Å²) in [5.74, 6) is -0.226. The van der Waals surface area contributed by atoms with Crippen molar-refractivity contribution in [2.75, 3.05) is 6.61 Å². The molecule has 1 rings (SSSR count). The van der Waals surface area contributed by atoms with Gasteiger partial charge in [0.15, 0.2) is 0 Å². The van der Waals surface area contributed by atoms with Crippen LogP contribution in [0.25, 0.3) is 0 Å². The number of rotatable bonds is 4. The zero-order chi connectivity index (χ0) is 9.68. The van der Waals surface area contributed by atoms with Gasteiger partial charge >= 0.3 is 0 Å². The Kier molecular flexibility index (Phi) is 3.78. The van der Waals surface area contributed by atoms with Crippen molar-refractivity contribution < 1.29 is 9.90 Å². The molecule has 1 atom stereocenters. The summed E-state index contributed by atoms with van der Waals surface area (Å²) < 4.78 is 3.57. The number of amides is 1. The van der Waals surface area contributed by atoms with Crippen molar-refractivity contribution in [3.63, 3.8) is 0 Å². The fraction of sp³-hybridized carbons (Fsp3) is 0.571. The van der Waals surface area contributed by atoms with Gasteiger partial charge in [-0.2, -0.15) is 0 Å². The zero-order valence-electron chi connectivity index (χ0n) is 7.23. The van der Waals surface area contributed by atoms with E-state index < -0.39 is 0 Å². The second-order valence-electron chi connectivity index (χ2n) is 2.54. The number of carbonyl (C=O) groups is 1. The predicted octanol–water partition coefficient (Wildman–Crippen LogP) is 0.0388. The smallest absolute Gasteiger partial charge is 0.264 e. The first-order chi connectivity index (χ1) is 6.27. The molecule has 1 amide bonds. The Balaban J connectivity index is 2.50. The van der Waals surface area contributed by atoms with E-state index in [1.54, 1.807) is 0 Å². The summed E-state index contributed by atoms with van der Waals surface area (Å²) in [7, 11) is 0. The van der Waals surface area contributed by atoms with Crippen LogP contribution in [0.3, 0.4) is 0 Å². The summed E-state index contributed by atoms with van der Waals surface area (Å²) in [5.41, 5.74) is 0. The quantitative estimate of drug-likeness (QED) is 0.721. The molecule has 0 bridgehead atoms. The Labute approximate surface area is 80.0 Å². The third kappa shape index (κ3) is 2.74. The summed E-state index contributed by atoms with van der Waals surface area (Å²) in [6, 6.07) is -0.186. The molecule has 0 fully saturated rings. The van der Waals surface area contributed by atoms with E-state index in [-0.39, 0.29) is 18.6 Å². The number of hydrogen-bond acceptors (Lipinski definition) is 5. The molecule has 1 heterocycles. The maximum Gasteiger partial charge on any atom is 0.264 e. The van der Waals surface area contributed by atoms with Crippen LogP contribution in [0.15, 0.2) is 6.20 Å². The SMILES string of the molecule is CCC(CO)NC(=O)c1cnns1. The summed E-state index contributed by atoms with van der Waals surface area (Å²) in [6.07, 6.45) is 2.11. The molecule has 0 saturated heterocycles. The highest BCUT2D eigenvalue weighted by molar-refractivity contribution is 7.07. The highest BCUT2D eigenvalue weighted by Gasteiger charge is 2.12. The van der Waals surface area contributed by atoms with Gasteiger partial charge in [0.1, 0.15) is 4.88 Å². The van der Waals surface area contributed by atoms with E-state index in [1.807, 2.05) is 6.92 Å². The van der Waals surface area contributed by atoms with Crippen LogP contribution in [0.4, 0.5) is 0 Å². The lowest BCUT2D eigenvalue weighted by molar-refractivity contribution is 0.0919. The Morgan fingerprint density at radius 3 is 3.08 bits per heavy atom. The first-order valence-corrected chi connectivity index (χ1v) is 4.74. The summed E-state index contributed by atoms with van der Waals surface area (Å²) in [6.45, 7) is 1.85. The molecular weight excluding hydrogens is 190 g/mol. The summed E-state index contributed by atoms with van der Waals surface area (Å²) in [4.78, 5) is 11.8. The largest absolute Gasteiger partial charge is 0.394 e. The number of aliphatic hydroxyl groups is 1. The van der Waals surface area contributed by atoms with Gasteiger partial charge in [-0.05, 0) is 18.0 Å². The van der Waals surface area contributed by atoms with Crippen LogP contribution in [-0.4, -0.2) is 33.2 Å². The van der Waals surface area contributed by atoms with Gasteiger partial charge < -0.3 is 10.4 Å². The lowest BCUT2D eigenvalue weighted by Gasteiger charge is -2.12. The van der Waals surface area contributed by atoms with E-state index in [1.165, 1.54) is 6.20 Å². The fourth-order valence-electron chi connectivity index (χ4n) is 0.801. The van der Waals surface area contributed by atoms with Gasteiger partial charge in [0.2, 0.25) is 0 Å². The molecule has 2 N–H and O–H groups in total. The highest BCUT2D eigenvalue weighted by atomic mass is 32.1. The minimum atomic E-state index is -0.226. The highest BCUT2D eigenvalue weighted by Crippen LogP contribution is 2.02. The average Bonchev–Trinajstić information content (AvgIpc) is 2.66. The predicted molar refractivity (Wildman–Crippen MR) is 48.5 cm³/mol. The normalized spacial score (nSPS) is 12.5. The Hall–Kier alpha value is -1.01. The molecule has 0 spiro atoms. The van der Waals surface area contributed by atoms with Crippen molar-refractivity contribution in [3.05, 3.63) is 11.1 Å². The number of aromatic nitrogens is 2. The molecule has 0 aromatic carbocycles. The van der Waals surface area contributed by atoms with Crippen molar-refractivity contribution >= 4 is 17.4 Å². The van der Waals surface area contributed by atoms with Crippen LogP contribution in [-0.2, 0) is 0 Å². The standard InChI is InChI=1S/C7H11N3O2S/c1-2-5(4-11)9-7(12)6-3-8-10-13-6/h3,5,11H,2,4H2,1H3,(H,9,12). The van der Waals surface area contributed by atoms with E-state index in [0.29, 0.717) is 11.3 Å². The van der Waals surface area contributed by atoms with Gasteiger partial charge in [0, 0.05) is 0 Å². The first-order valence-electron chi connectivity index (χ1n) is 3.97. The van der Waals surface area contributed by atoms with Crippen molar-refractivity contribution in [1.82, 2.24) is 14.9 Å². The van der Waals surface area contributed by atoms with Crippen molar-refractivity contribution in [2.24, 2.45) is 0 Å². The Morgan fingerprint density at radius 2 is 2.62 bits per heavy atom. The van der Waals surface area contributed by atoms with Crippen molar-refractivity contribution in [2.45, 2.75) is 19.4 Å². The van der Waals surface area contributed by atoms with Crippen LogP contribution in [0.1, 0.15) is 23.0 Å². The molecule has 0 aliphatic heterocycles. The Morgan fingerprint density at radius 1 is 1.85 bits per heavy atom. The maximum atomic E-state index is 11.3. The molecule has 0 radical (unpaired) electrons. The molecule has 13 heavy (non-hydrogen) atoms. The molecule has 5 nitrogen and oxygen atoms in total. The van der Waals surface area contributed by atoms with E-state index in [9.17, 15) is 4.79 Å². The van der Waals surface area contributed by atoms with Gasteiger partial charge in [-0.1, -0.05) is 11.4 Å². The van der Waals surface area contributed by atoms with E-state index >= 15 is 0 Å². The summed E-state index contributed by atoms with van der Waals surface area (Å²) in [5, 5.41) is 15.0. The lowest BCUT2D eigenvalue weighted by atomic mass is 10.2. The van der Waals surface area contributed by atoms with Crippen LogP contribution >= 0.6 is 11.5 Å². The molecule has 1 aromatic rings. The maximum absolute atomic E-state index is 11.3. The van der Waals surface area contributed by atoms with Gasteiger partial charge in [-0.25, -0.2) is 0 Å². The van der Waals surface area contributed by atoms with Crippen molar-refractivity contribution in [1.29, 1.82) is 0 Å². The Bertz CT molecular complexity index is 259. The van der Waals surface area contributed by atoms with Gasteiger partial charge in [-0.3, -0.25) is 4.79 Å². The molecule has 1 aromatic heterocycles. The molecular formula is C7H11N3O2S. The van der Waals surface area contributed by atoms with Crippen LogP contribution in [0, 0.1) is 0 Å². The van der Waals surface area contributed by atoms with E-state index in [4.69, 9.17) is 5.11 Å². The zero-order valence-corrected chi connectivity index (χ0v) is 8.04. The lowest BCUT2D eigenvalue weighted by Crippen LogP contribution is -2.36. The second kappa shape index (κ2) is 4.88. The molecule has 0 aliphatic carbocycles. The summed E-state index contributed by atoms with van der Waals surface area (Å²) >= 11 is 1.04. The van der Waals surface area contributed by atoms with E-state index in [2.05, 4.69) is 14.9 Å². The van der Waals surface area contributed by atoms with Gasteiger partial charge in [-0.15, -0.1) is 5.10 Å². The monoisotopic (exact) mass is 201 g/mol. The van der Waals surface area contributed by atoms with Crippen LogP contribution < -0.4 is 5.32 Å². The van der Waals surface area contributed by atoms with Crippen LogP contribution in [0.2, 0.25) is 0 Å². The number of nitrogens with one attached hydrogen (secondary N) is 1. The van der Waals surface area contributed by atoms with Gasteiger partial charge in [0.25, 0.3) is 5.91 Å². The number of carbonyl (C=O) groups excluding carboxylic acids is 1. The number of hydrogen-bond donors (Lipinski definition) is 2. The third-order valence-electron chi connectivity index (χ3n) is 1.63. The number of nitrogens with zero attached hydrogens (tertiary/aromatic N) is 2. The minimum Gasteiger partial charge on any atom is -0.394 e. The van der Waals surface area contributed by atoms with Crippen molar-refractivity contribution in [3.8, 4) is 0 Å². The van der Waals surface area contributed by atoms with Crippen LogP contribution in [0.5, 0.6) is 0 Å². The topological polar surface area (TPSA) is 75.1 Å². The van der Waals surface area contributed by atoms with Gasteiger partial charge in [0.05, 0.1) is 18.8 Å². The second-order valence-corrected chi connectivity index (χ2v) is 3.33. The molecule has 72 valence electrons.